The van der Waals surface area contributed by atoms with Crippen molar-refractivity contribution >= 4 is 55.2 Å². The number of benzene rings is 16. The van der Waals surface area contributed by atoms with Gasteiger partial charge in [-0.15, -0.1) is 0 Å². The molecule has 0 radical (unpaired) electrons. The van der Waals surface area contributed by atoms with Gasteiger partial charge in [0, 0.05) is 82.9 Å². The van der Waals surface area contributed by atoms with Crippen LogP contribution in [0.3, 0.4) is 0 Å². The molecule has 6 aromatic heterocycles. The summed E-state index contributed by atoms with van der Waals surface area (Å²) in [5.41, 5.74) is 28.8. The largest absolute Gasteiger partial charge is 1.00 e. The van der Waals surface area contributed by atoms with Crippen LogP contribution in [0.4, 0.5) is 4.39 Å². The maximum absolute atomic E-state index is 9.96. The van der Waals surface area contributed by atoms with Crippen molar-refractivity contribution in [2.45, 2.75) is 0 Å². The number of aromatic amines is 1. The fraction of sp³-hybridized carbons (Fsp3) is 0.00901. The molecule has 1 N–H and O–H groups in total. The van der Waals surface area contributed by atoms with Crippen molar-refractivity contribution in [3.8, 4) is 152 Å². The van der Waals surface area contributed by atoms with E-state index in [4.69, 9.17) is 27.9 Å². The van der Waals surface area contributed by atoms with Gasteiger partial charge in [0.15, 0.2) is 23.3 Å². The molecule has 0 saturated carbocycles. The third-order valence-corrected chi connectivity index (χ3v) is 22.2. The summed E-state index contributed by atoms with van der Waals surface area (Å²) in [6.45, 7) is 0. The van der Waals surface area contributed by atoms with E-state index in [2.05, 4.69) is 385 Å². The van der Waals surface area contributed by atoms with Gasteiger partial charge in [0.05, 0.1) is 47.9 Å². The Morgan fingerprint density at radius 1 is 0.250 bits per heavy atom. The van der Waals surface area contributed by atoms with Gasteiger partial charge >= 0.3 is 29.6 Å². The Morgan fingerprint density at radius 2 is 0.492 bits per heavy atom. The van der Waals surface area contributed by atoms with Crippen molar-refractivity contribution in [2.24, 2.45) is 0 Å². The van der Waals surface area contributed by atoms with Crippen LogP contribution >= 0.6 is 11.6 Å². The molecule has 0 bridgehead atoms. The molecule has 0 spiro atoms. The summed E-state index contributed by atoms with van der Waals surface area (Å²) < 4.78 is 22.6. The van der Waals surface area contributed by atoms with Crippen LogP contribution in [-0.4, -0.2) is 55.7 Å². The van der Waals surface area contributed by atoms with Gasteiger partial charge in [0.2, 0.25) is 11.2 Å². The predicted molar refractivity (Wildman–Crippen MR) is 507 cm³/mol. The Labute approximate surface area is 748 Å². The minimum atomic E-state index is -1.00. The van der Waals surface area contributed by atoms with Crippen LogP contribution in [0.2, 0.25) is 5.28 Å². The Kier molecular flexibility index (Phi) is 23.4. The third kappa shape index (κ3) is 16.1. The molecule has 588 valence electrons. The number of rotatable bonds is 15. The minimum absolute atomic E-state index is 0. The van der Waals surface area contributed by atoms with Gasteiger partial charge < -0.3 is 15.5 Å². The van der Waals surface area contributed by atoms with E-state index in [-0.39, 0.29) is 36.3 Å². The van der Waals surface area contributed by atoms with Crippen molar-refractivity contribution in [1.82, 2.24) is 48.6 Å². The molecule has 0 saturated heterocycles. The third-order valence-electron chi connectivity index (χ3n) is 22.1. The van der Waals surface area contributed by atoms with Gasteiger partial charge in [-0.3, -0.25) is 8.96 Å². The van der Waals surface area contributed by atoms with Gasteiger partial charge in [0.1, 0.15) is 0 Å². The number of hydrogen-bond acceptors (Lipinski definition) is 6. The molecule has 22 rings (SSSR count). The van der Waals surface area contributed by atoms with Crippen molar-refractivity contribution in [1.29, 1.82) is 0 Å². The first kappa shape index (κ1) is 78.8. The number of para-hydroxylation sites is 4. The molecule has 6 heterocycles. The van der Waals surface area contributed by atoms with Crippen molar-refractivity contribution in [2.75, 3.05) is 7.15 Å². The van der Waals surface area contributed by atoms with Crippen LogP contribution in [-0.2, 0) is 0 Å². The Bertz CT molecular complexity index is 7310. The summed E-state index contributed by atoms with van der Waals surface area (Å²) in [7, 11) is -1.00. The molecule has 0 fully saturated rings. The van der Waals surface area contributed by atoms with E-state index >= 15 is 0 Å². The van der Waals surface area contributed by atoms with E-state index in [1.807, 2.05) is 97.1 Å². The maximum atomic E-state index is 9.96. The summed E-state index contributed by atoms with van der Waals surface area (Å²) in [4.78, 5) is 32.3. The maximum Gasteiger partial charge on any atom is 1.00 e. The number of nitrogens with zero attached hydrogens (tertiary/aromatic N) is 9. The van der Waals surface area contributed by atoms with E-state index in [0.29, 0.717) is 29.2 Å². The number of halogens is 2. The number of hydrogen-bond donors (Lipinski definition) is 1. The second-order valence-corrected chi connectivity index (χ2v) is 29.8. The number of H-pyrrole nitrogens is 1. The summed E-state index contributed by atoms with van der Waals surface area (Å²) >= 11 is 5.99. The summed E-state index contributed by atoms with van der Waals surface area (Å²) in [5.74, 6) is 2.93. The fourth-order valence-corrected chi connectivity index (χ4v) is 16.8. The molecule has 124 heavy (non-hydrogen) atoms. The van der Waals surface area contributed by atoms with Gasteiger partial charge in [-0.25, -0.2) is 9.97 Å². The Balaban J connectivity index is 0.000000146. The van der Waals surface area contributed by atoms with Gasteiger partial charge in [-0.2, -0.15) is 19.9 Å². The van der Waals surface area contributed by atoms with Gasteiger partial charge in [0.25, 0.3) is 0 Å². The molecule has 0 unspecified atom stereocenters. The normalized spacial score (nSPS) is 11.1. The average Bonchev–Trinajstić information content (AvgIpc) is 1.37. The fourth-order valence-electron chi connectivity index (χ4n) is 16.6. The zero-order valence-corrected chi connectivity index (χ0v) is 70.5. The molecule has 10 nitrogen and oxygen atoms in total. The van der Waals surface area contributed by atoms with Gasteiger partial charge in [-0.05, 0) is 105 Å². The first-order chi connectivity index (χ1) is 61.4. The molecule has 16 aromatic carbocycles. The predicted octanol–water partition coefficient (Wildman–Crippen LogP) is 26.1. The summed E-state index contributed by atoms with van der Waals surface area (Å²) in [6, 6.07) is 157. The van der Waals surface area contributed by atoms with Crippen molar-refractivity contribution in [3.63, 3.8) is 0 Å². The van der Waals surface area contributed by atoms with E-state index in [0.717, 1.165) is 100 Å². The van der Waals surface area contributed by atoms with Crippen molar-refractivity contribution in [3.05, 3.63) is 454 Å². The summed E-state index contributed by atoms with van der Waals surface area (Å²) in [5, 5.41) is 4.89. The number of nitrogens with one attached hydrogen (secondary N) is 1. The topological polar surface area (TPSA) is 108 Å². The van der Waals surface area contributed by atoms with Crippen LogP contribution in [0, 0.1) is 0 Å². The zero-order valence-electron chi connectivity index (χ0n) is 69.7. The second kappa shape index (κ2) is 36.9. The number of aromatic nitrogens is 10. The van der Waals surface area contributed by atoms with E-state index < -0.39 is 7.15 Å². The molecule has 0 aliphatic heterocycles. The molecule has 22 aromatic rings. The average molecular weight is 1630 g/mol. The standard InChI is InChI=1S/C55H37N5.C40H28N2.C15H10ClN3.CH3F.Na.H/c1-6-20-38(21-7-1)39-34-36-44(37-35-39)59-47-32-18-16-30-45(47)49(51(59)40-22-8-2-9-23-40)50-46-31-17-19-33-48(46)60(52(50)41-24-10-3-11-25-41)55-57-53(42-26-12-4-13-27-42)56-54(58-55)43-28-14-5-15-29-43;1-4-14-28(15-5-1)29-24-26-32(27-25-29)42-36-23-13-11-21-34(36)38(40(42)31-18-8-3-9-19-31)37-33-20-10-12-22-35(33)41-39(37)30-16-6-2-7-17-30;16-15-18-13(11-7-3-1-4-8-11)17-14(19-15)12-9-5-2-6-10-12;1-2;;/h1-37H;1-27,41H;1-10H;1H3;;/q;;;;+1;-1/i;;;1D;;. The molecule has 13 heteroatoms. The zero-order chi connectivity index (χ0) is 83.5. The number of fused-ring (bicyclic) bond motifs is 4. The van der Waals surface area contributed by atoms with Crippen LogP contribution in [0.15, 0.2) is 449 Å². The molecule has 0 aliphatic rings. The van der Waals surface area contributed by atoms with Crippen LogP contribution in [0.25, 0.3) is 196 Å². The molecule has 0 aliphatic carbocycles. The van der Waals surface area contributed by atoms with Crippen molar-refractivity contribution < 1.29 is 36.7 Å². The Hall–Kier alpha value is -15.1. The van der Waals surface area contributed by atoms with E-state index in [1.54, 1.807) is 0 Å². The first-order valence-corrected chi connectivity index (χ1v) is 41.1. The SMILES string of the molecule is Clc1nc(-c2ccccc2)nc(-c2ccccc2)n1.[2H]CF.[H-].[Na+].c1ccc(-c2ccc(-n3c(-c4ccccc4)c(-c4c(-c5ccccc5)[nH]c5ccccc45)c4ccccc43)cc2)cc1.c1ccc(-c2ccc(-n3c(-c4ccccc4)c(-c4c(-c5ccccc5)n(-c5nc(-c6ccccc6)nc(-c6ccccc6)n5)c5ccccc45)c4ccccc43)cc2)cc1. The second-order valence-electron chi connectivity index (χ2n) is 29.4. The molecule has 0 atom stereocenters. The van der Waals surface area contributed by atoms with E-state index in [9.17, 15) is 4.39 Å². The molecular formula is C111H79ClFN10Na. The first-order valence-electron chi connectivity index (χ1n) is 41.4. The molecular weight excluding hydrogens is 1550 g/mol. The Morgan fingerprint density at radius 3 is 0.831 bits per heavy atom. The van der Waals surface area contributed by atoms with Crippen LogP contribution in [0.1, 0.15) is 2.80 Å². The van der Waals surface area contributed by atoms with E-state index in [1.165, 1.54) is 66.5 Å². The smallest absolute Gasteiger partial charge is 1.00 e. The molecule has 0 amide bonds. The summed E-state index contributed by atoms with van der Waals surface area (Å²) in [6.07, 6.45) is 0. The van der Waals surface area contributed by atoms with Crippen LogP contribution < -0.4 is 29.6 Å². The van der Waals surface area contributed by atoms with Gasteiger partial charge in [-0.1, -0.05) is 400 Å². The minimum Gasteiger partial charge on any atom is -1.00 e. The quantitative estimate of drug-likeness (QED) is 0.102. The monoisotopic (exact) mass is 1630 g/mol. The number of alkyl halides is 1. The van der Waals surface area contributed by atoms with Crippen LogP contribution in [0.5, 0.6) is 0 Å².